The van der Waals surface area contributed by atoms with Crippen LogP contribution in [0.15, 0.2) is 11.3 Å². The van der Waals surface area contributed by atoms with Crippen LogP contribution in [0, 0.1) is 0 Å². The number of imidazole rings is 1. The number of nitrogens with one attached hydrogen (secondary N) is 1. The SMILES string of the molecule is C=I1=C(N)c2[nH]c[n+](CCCCOC(=O)CC)c2N=C1Cl. The number of fused-ring (bicyclic) bond motifs is 1. The Bertz CT molecular complexity index is 659. The molecule has 0 radical (unpaired) electrons. The fraction of sp³-hybridized carbons (Fsp3) is 0.462. The van der Waals surface area contributed by atoms with Crippen LogP contribution in [0.4, 0.5) is 5.82 Å². The van der Waals surface area contributed by atoms with Crippen molar-refractivity contribution in [1.82, 2.24) is 4.98 Å². The molecule has 1 aromatic rings. The van der Waals surface area contributed by atoms with E-state index in [1.165, 1.54) is 0 Å². The second-order valence-electron chi connectivity index (χ2n) is 4.51. The van der Waals surface area contributed by atoms with Crippen LogP contribution < -0.4 is 10.3 Å². The Hall–Kier alpha value is -0.930. The van der Waals surface area contributed by atoms with Crippen LogP contribution in [0.2, 0.25) is 0 Å². The number of halogens is 2. The Morgan fingerprint density at radius 3 is 3.10 bits per heavy atom. The molecule has 0 fully saturated rings. The van der Waals surface area contributed by atoms with Gasteiger partial charge in [0.2, 0.25) is 3.18 Å². The molecule has 3 N–H and O–H groups in total. The Balaban J connectivity index is 1.95. The first-order valence-electron chi connectivity index (χ1n) is 6.66. The van der Waals surface area contributed by atoms with E-state index < -0.39 is 18.9 Å². The van der Waals surface area contributed by atoms with Gasteiger partial charge in [-0.05, 0) is 24.4 Å². The molecule has 116 valence electrons. The van der Waals surface area contributed by atoms with Crippen molar-refractivity contribution in [2.75, 3.05) is 6.61 Å². The number of hydrogen-bond acceptors (Lipinski definition) is 4. The van der Waals surface area contributed by atoms with Crippen LogP contribution in [0.1, 0.15) is 31.9 Å². The number of esters is 1. The molecule has 1 aliphatic rings. The van der Waals surface area contributed by atoms with Gasteiger partial charge < -0.3 is 4.74 Å². The maximum Gasteiger partial charge on any atom is 0.305 e. The Kier molecular flexibility index (Phi) is 5.77. The molecule has 21 heavy (non-hydrogen) atoms. The fourth-order valence-electron chi connectivity index (χ4n) is 1.88. The van der Waals surface area contributed by atoms with Crippen molar-refractivity contribution < 1.29 is 14.1 Å². The van der Waals surface area contributed by atoms with E-state index in [0.29, 0.717) is 16.2 Å². The van der Waals surface area contributed by atoms with Gasteiger partial charge in [0.25, 0.3) is 0 Å². The third-order valence-electron chi connectivity index (χ3n) is 3.07. The van der Waals surface area contributed by atoms with Crippen molar-refractivity contribution in [3.05, 3.63) is 12.0 Å². The molecule has 0 unspecified atom stereocenters. The number of nitrogens with zero attached hydrogens (tertiary/aromatic N) is 2. The summed E-state index contributed by atoms with van der Waals surface area (Å²) in [5.41, 5.74) is 6.92. The van der Waals surface area contributed by atoms with Crippen molar-refractivity contribution in [2.24, 2.45) is 10.7 Å². The van der Waals surface area contributed by atoms with Gasteiger partial charge in [-0.3, -0.25) is 15.5 Å². The van der Waals surface area contributed by atoms with Gasteiger partial charge in [-0.25, -0.2) is 4.57 Å². The summed E-state index contributed by atoms with van der Waals surface area (Å²) in [6, 6.07) is 0. The molecule has 0 bridgehead atoms. The number of ether oxygens (including phenoxy) is 1. The number of nitrogens with two attached hydrogens (primary N) is 1. The van der Waals surface area contributed by atoms with E-state index in [1.54, 1.807) is 6.92 Å². The highest BCUT2D eigenvalue weighted by molar-refractivity contribution is 14.2. The number of rotatable bonds is 6. The minimum Gasteiger partial charge on any atom is -0.466 e. The second kappa shape index (κ2) is 7.37. The lowest BCUT2D eigenvalue weighted by atomic mass is 10.3. The molecule has 0 aliphatic carbocycles. The lowest BCUT2D eigenvalue weighted by Gasteiger charge is -2.05. The van der Waals surface area contributed by atoms with Gasteiger partial charge in [-0.15, -0.1) is 0 Å². The van der Waals surface area contributed by atoms with Gasteiger partial charge in [0.1, 0.15) is 0 Å². The predicted octanol–water partition coefficient (Wildman–Crippen LogP) is 1.65. The Morgan fingerprint density at radius 2 is 2.38 bits per heavy atom. The van der Waals surface area contributed by atoms with E-state index in [0.717, 1.165) is 34.5 Å². The number of aromatic amines is 1. The van der Waals surface area contributed by atoms with Crippen molar-refractivity contribution in [3.63, 3.8) is 0 Å². The summed E-state index contributed by atoms with van der Waals surface area (Å²) in [6.45, 7) is 3.00. The molecule has 0 spiro atoms. The lowest BCUT2D eigenvalue weighted by molar-refractivity contribution is -0.683. The summed E-state index contributed by atoms with van der Waals surface area (Å²) < 4.78 is 12.4. The molecule has 0 saturated heterocycles. The van der Waals surface area contributed by atoms with Crippen molar-refractivity contribution in [1.29, 1.82) is 0 Å². The predicted molar refractivity (Wildman–Crippen MR) is 93.9 cm³/mol. The van der Waals surface area contributed by atoms with Gasteiger partial charge in [-0.2, -0.15) is 0 Å². The zero-order valence-corrected chi connectivity index (χ0v) is 14.8. The van der Waals surface area contributed by atoms with E-state index >= 15 is 0 Å². The van der Waals surface area contributed by atoms with Crippen LogP contribution in [0.5, 0.6) is 0 Å². The summed E-state index contributed by atoms with van der Waals surface area (Å²) in [6.07, 6.45) is 3.95. The van der Waals surface area contributed by atoms with Crippen molar-refractivity contribution >= 4 is 53.6 Å². The first kappa shape index (κ1) is 16.4. The summed E-state index contributed by atoms with van der Waals surface area (Å²) >= 11 is 4.24. The minimum absolute atomic E-state index is 0.160. The highest BCUT2D eigenvalue weighted by Gasteiger charge is 2.25. The third-order valence-corrected chi connectivity index (χ3v) is 7.57. The Labute approximate surface area is 134 Å². The summed E-state index contributed by atoms with van der Waals surface area (Å²) in [5, 5.41) is 0. The number of H-pyrrole nitrogens is 1. The second-order valence-corrected chi connectivity index (χ2v) is 9.75. The molecule has 1 aliphatic heterocycles. The molecule has 6 nitrogen and oxygen atoms in total. The average molecular weight is 426 g/mol. The van der Waals surface area contributed by atoms with Gasteiger partial charge >= 0.3 is 11.8 Å². The largest absolute Gasteiger partial charge is 0.466 e. The molecule has 8 heteroatoms. The third kappa shape index (κ3) is 3.83. The molecule has 2 heterocycles. The van der Waals surface area contributed by atoms with Crippen LogP contribution in [-0.4, -0.2) is 28.9 Å². The van der Waals surface area contributed by atoms with Gasteiger partial charge in [0, 0.05) is 6.42 Å². The number of aromatic nitrogens is 2. The number of carbonyl (C=O) groups excluding carboxylic acids is 1. The Morgan fingerprint density at radius 1 is 1.62 bits per heavy atom. The number of hydrogen-bond donors (Lipinski definition) is 2. The van der Waals surface area contributed by atoms with Crippen molar-refractivity contribution in [2.45, 2.75) is 32.7 Å². The normalized spacial score (nSPS) is 14.8. The van der Waals surface area contributed by atoms with Crippen LogP contribution in [0.3, 0.4) is 0 Å². The summed E-state index contributed by atoms with van der Waals surface area (Å²) in [7, 11) is 0. The average Bonchev–Trinajstić information content (AvgIpc) is 2.87. The summed E-state index contributed by atoms with van der Waals surface area (Å²) in [5.74, 6) is 0.604. The molecule has 0 saturated carbocycles. The zero-order chi connectivity index (χ0) is 15.4. The maximum absolute atomic E-state index is 11.0. The molecule has 0 amide bonds. The molecular weight excluding hydrogens is 407 g/mol. The molecular formula is C13H19ClIN4O2+. The molecule has 1 aromatic heterocycles. The topological polar surface area (TPSA) is 84.4 Å². The lowest BCUT2D eigenvalue weighted by Crippen LogP contribution is -2.33. The molecule has 0 atom stereocenters. The zero-order valence-electron chi connectivity index (χ0n) is 11.9. The monoisotopic (exact) mass is 425 g/mol. The minimum atomic E-state index is -1.88. The van der Waals surface area contributed by atoms with E-state index in [-0.39, 0.29) is 5.97 Å². The highest BCUT2D eigenvalue weighted by atomic mass is 127. The number of aryl methyl sites for hydroxylation is 1. The number of unbranched alkanes of at least 4 members (excludes halogenated alkanes) is 1. The molecule has 2 rings (SSSR count). The quantitative estimate of drug-likeness (QED) is 0.315. The van der Waals surface area contributed by atoms with Gasteiger partial charge in [0.05, 0.1) is 16.8 Å². The first-order valence-corrected chi connectivity index (χ1v) is 10.7. The fourth-order valence-corrected chi connectivity index (χ4v) is 4.52. The maximum atomic E-state index is 11.0. The number of carbonyl (C=O) groups is 1. The van der Waals surface area contributed by atoms with E-state index in [9.17, 15) is 4.79 Å². The van der Waals surface area contributed by atoms with Gasteiger partial charge in [-0.1, -0.05) is 35.3 Å². The van der Waals surface area contributed by atoms with Crippen LogP contribution >= 0.6 is 30.5 Å². The smallest absolute Gasteiger partial charge is 0.305 e. The van der Waals surface area contributed by atoms with E-state index in [2.05, 4.69) is 14.5 Å². The summed E-state index contributed by atoms with van der Waals surface area (Å²) in [4.78, 5) is 18.6. The first-order chi connectivity index (χ1) is 10.0. The van der Waals surface area contributed by atoms with Crippen molar-refractivity contribution in [3.8, 4) is 0 Å². The van der Waals surface area contributed by atoms with Crippen LogP contribution in [-0.2, 0) is 16.1 Å². The van der Waals surface area contributed by atoms with E-state index in [4.69, 9.17) is 22.1 Å². The van der Waals surface area contributed by atoms with E-state index in [1.807, 2.05) is 10.9 Å². The number of aliphatic imine (C=N–C) groups is 1. The highest BCUT2D eigenvalue weighted by Crippen LogP contribution is 2.29. The van der Waals surface area contributed by atoms with Crippen LogP contribution in [0.25, 0.3) is 0 Å². The van der Waals surface area contributed by atoms with Gasteiger partial charge in [0.15, 0.2) is 12.0 Å². The standard InChI is InChI=1S/C13H18ClIN4O2/c1-3-9(20)21-7-5-4-6-19-8-17-10-11(16)15(2)13(14)18-12(10)19/h8H,2-7H2,1H3,(H2,16,18)/p+1. The molecule has 0 aromatic carbocycles.